The summed E-state index contributed by atoms with van der Waals surface area (Å²) in [4.78, 5) is 28.6. The number of aromatic nitrogens is 1. The van der Waals surface area contributed by atoms with Crippen molar-refractivity contribution in [2.75, 3.05) is 5.32 Å². The predicted molar refractivity (Wildman–Crippen MR) is 106 cm³/mol. The SMILES string of the molecule is O=C(Nc1ccc(OC(=O)c2csc(-c3ccco3)n2)cc1)c1ccccc1. The van der Waals surface area contributed by atoms with Crippen molar-refractivity contribution in [3.8, 4) is 16.5 Å². The molecule has 7 heteroatoms. The Bertz CT molecular complexity index is 1090. The van der Waals surface area contributed by atoms with Gasteiger partial charge in [0.2, 0.25) is 0 Å². The third kappa shape index (κ3) is 3.99. The lowest BCUT2D eigenvalue weighted by molar-refractivity contribution is 0.0729. The predicted octanol–water partition coefficient (Wildman–Crippen LogP) is 4.87. The van der Waals surface area contributed by atoms with Crippen molar-refractivity contribution >= 4 is 28.9 Å². The Labute approximate surface area is 164 Å². The van der Waals surface area contributed by atoms with E-state index in [0.29, 0.717) is 27.8 Å². The van der Waals surface area contributed by atoms with E-state index in [1.807, 2.05) is 6.07 Å². The minimum absolute atomic E-state index is 0.206. The molecule has 6 nitrogen and oxygen atoms in total. The number of nitrogens with zero attached hydrogens (tertiary/aromatic N) is 1. The highest BCUT2D eigenvalue weighted by Crippen LogP contribution is 2.25. The molecule has 0 saturated heterocycles. The molecule has 0 aliphatic heterocycles. The van der Waals surface area contributed by atoms with Crippen molar-refractivity contribution < 1.29 is 18.7 Å². The van der Waals surface area contributed by atoms with Crippen LogP contribution in [0.15, 0.2) is 82.8 Å². The van der Waals surface area contributed by atoms with Gasteiger partial charge in [-0.2, -0.15) is 0 Å². The molecule has 0 unspecified atom stereocenters. The Morgan fingerprint density at radius 3 is 2.46 bits per heavy atom. The van der Waals surface area contributed by atoms with Gasteiger partial charge in [-0.05, 0) is 48.5 Å². The van der Waals surface area contributed by atoms with Crippen molar-refractivity contribution in [2.45, 2.75) is 0 Å². The topological polar surface area (TPSA) is 81.4 Å². The number of nitrogens with one attached hydrogen (secondary N) is 1. The molecule has 0 radical (unpaired) electrons. The Balaban J connectivity index is 1.39. The second kappa shape index (κ2) is 7.89. The van der Waals surface area contributed by atoms with Crippen molar-refractivity contribution in [3.05, 3.63) is 89.6 Å². The number of esters is 1. The molecule has 28 heavy (non-hydrogen) atoms. The Morgan fingerprint density at radius 2 is 1.75 bits per heavy atom. The molecule has 0 fully saturated rings. The van der Waals surface area contributed by atoms with Crippen LogP contribution in [-0.2, 0) is 0 Å². The van der Waals surface area contributed by atoms with Gasteiger partial charge in [0.15, 0.2) is 16.5 Å². The van der Waals surface area contributed by atoms with Crippen LogP contribution in [0.25, 0.3) is 10.8 Å². The number of benzene rings is 2. The number of rotatable bonds is 5. The first kappa shape index (κ1) is 17.7. The first-order chi connectivity index (χ1) is 13.7. The van der Waals surface area contributed by atoms with Crippen molar-refractivity contribution in [3.63, 3.8) is 0 Å². The molecule has 1 amide bonds. The number of ether oxygens (including phenoxy) is 1. The van der Waals surface area contributed by atoms with Gasteiger partial charge in [0.1, 0.15) is 5.75 Å². The second-order valence-corrected chi connectivity index (χ2v) is 6.61. The standard InChI is InChI=1S/C21H14N2O4S/c24-19(14-5-2-1-3-6-14)22-15-8-10-16(11-9-15)27-21(25)17-13-28-20(23-17)18-7-4-12-26-18/h1-13H,(H,22,24). The first-order valence-corrected chi connectivity index (χ1v) is 9.25. The van der Waals surface area contributed by atoms with E-state index in [9.17, 15) is 9.59 Å². The maximum atomic E-state index is 12.3. The zero-order valence-electron chi connectivity index (χ0n) is 14.5. The Kier molecular flexibility index (Phi) is 4.99. The van der Waals surface area contributed by atoms with E-state index in [4.69, 9.17) is 9.15 Å². The highest BCUT2D eigenvalue weighted by Gasteiger charge is 2.15. The van der Waals surface area contributed by atoms with E-state index < -0.39 is 5.97 Å². The minimum atomic E-state index is -0.560. The Morgan fingerprint density at radius 1 is 0.964 bits per heavy atom. The largest absolute Gasteiger partial charge is 0.462 e. The van der Waals surface area contributed by atoms with Gasteiger partial charge in [0.25, 0.3) is 5.91 Å². The van der Waals surface area contributed by atoms with Gasteiger partial charge in [-0.3, -0.25) is 4.79 Å². The fourth-order valence-electron chi connectivity index (χ4n) is 2.44. The van der Waals surface area contributed by atoms with Crippen LogP contribution in [-0.4, -0.2) is 16.9 Å². The van der Waals surface area contributed by atoms with E-state index >= 15 is 0 Å². The van der Waals surface area contributed by atoms with Crippen LogP contribution in [0.3, 0.4) is 0 Å². The highest BCUT2D eigenvalue weighted by atomic mass is 32.1. The molecule has 2 aromatic heterocycles. The molecule has 0 atom stereocenters. The van der Waals surface area contributed by atoms with Crippen LogP contribution in [0.5, 0.6) is 5.75 Å². The maximum Gasteiger partial charge on any atom is 0.363 e. The average Bonchev–Trinajstić information content (AvgIpc) is 3.42. The zero-order chi connectivity index (χ0) is 19.3. The van der Waals surface area contributed by atoms with Crippen LogP contribution < -0.4 is 10.1 Å². The van der Waals surface area contributed by atoms with E-state index in [1.165, 1.54) is 11.3 Å². The molecule has 4 rings (SSSR count). The van der Waals surface area contributed by atoms with E-state index in [0.717, 1.165) is 0 Å². The smallest absolute Gasteiger partial charge is 0.363 e. The fraction of sp³-hybridized carbons (Fsp3) is 0. The van der Waals surface area contributed by atoms with Gasteiger partial charge in [0.05, 0.1) is 6.26 Å². The Hall–Kier alpha value is -3.71. The lowest BCUT2D eigenvalue weighted by atomic mass is 10.2. The molecule has 4 aromatic rings. The van der Waals surface area contributed by atoms with Crippen LogP contribution in [0.4, 0.5) is 5.69 Å². The van der Waals surface area contributed by atoms with E-state index in [1.54, 1.807) is 72.3 Å². The van der Waals surface area contributed by atoms with E-state index in [-0.39, 0.29) is 11.6 Å². The average molecular weight is 390 g/mol. The molecule has 0 spiro atoms. The minimum Gasteiger partial charge on any atom is -0.462 e. The van der Waals surface area contributed by atoms with Crippen LogP contribution in [0, 0.1) is 0 Å². The molecular formula is C21H14N2O4S. The number of hydrogen-bond donors (Lipinski definition) is 1. The highest BCUT2D eigenvalue weighted by molar-refractivity contribution is 7.13. The summed E-state index contributed by atoms with van der Waals surface area (Å²) in [5.74, 6) is 0.186. The van der Waals surface area contributed by atoms with Gasteiger partial charge in [0, 0.05) is 16.6 Å². The normalized spacial score (nSPS) is 10.4. The molecule has 138 valence electrons. The summed E-state index contributed by atoms with van der Waals surface area (Å²) >= 11 is 1.30. The van der Waals surface area contributed by atoms with Crippen LogP contribution in [0.2, 0.25) is 0 Å². The number of hydrogen-bond acceptors (Lipinski definition) is 6. The molecule has 1 N–H and O–H groups in total. The van der Waals surface area contributed by atoms with Crippen LogP contribution >= 0.6 is 11.3 Å². The molecule has 0 bridgehead atoms. The molecule has 2 aromatic carbocycles. The first-order valence-electron chi connectivity index (χ1n) is 8.37. The quantitative estimate of drug-likeness (QED) is 0.388. The van der Waals surface area contributed by atoms with Crippen molar-refractivity contribution in [1.82, 2.24) is 4.98 Å². The number of carbonyl (C=O) groups excluding carboxylic acids is 2. The van der Waals surface area contributed by atoms with Crippen molar-refractivity contribution in [2.24, 2.45) is 0 Å². The maximum absolute atomic E-state index is 12.3. The lowest BCUT2D eigenvalue weighted by Gasteiger charge is -2.07. The number of carbonyl (C=O) groups is 2. The number of furan rings is 1. The third-order valence-corrected chi connectivity index (χ3v) is 4.66. The molecule has 0 aliphatic rings. The van der Waals surface area contributed by atoms with Crippen LogP contribution in [0.1, 0.15) is 20.8 Å². The van der Waals surface area contributed by atoms with Gasteiger partial charge in [-0.25, -0.2) is 9.78 Å². The summed E-state index contributed by atoms with van der Waals surface area (Å²) in [7, 11) is 0. The summed E-state index contributed by atoms with van der Waals surface area (Å²) in [5, 5.41) is 5.02. The summed E-state index contributed by atoms with van der Waals surface area (Å²) in [5.41, 5.74) is 1.37. The van der Waals surface area contributed by atoms with Gasteiger partial charge in [-0.1, -0.05) is 18.2 Å². The van der Waals surface area contributed by atoms with Gasteiger partial charge in [-0.15, -0.1) is 11.3 Å². The third-order valence-electron chi connectivity index (χ3n) is 3.80. The summed E-state index contributed by atoms with van der Waals surface area (Å²) in [6.45, 7) is 0. The summed E-state index contributed by atoms with van der Waals surface area (Å²) in [6, 6.07) is 19.0. The zero-order valence-corrected chi connectivity index (χ0v) is 15.3. The van der Waals surface area contributed by atoms with E-state index in [2.05, 4.69) is 10.3 Å². The number of thiazole rings is 1. The fourth-order valence-corrected chi connectivity index (χ4v) is 3.19. The molecule has 2 heterocycles. The molecular weight excluding hydrogens is 376 g/mol. The molecule has 0 aliphatic carbocycles. The number of anilines is 1. The van der Waals surface area contributed by atoms with Gasteiger partial charge < -0.3 is 14.5 Å². The lowest BCUT2D eigenvalue weighted by Crippen LogP contribution is -2.12. The summed E-state index contributed by atoms with van der Waals surface area (Å²) in [6.07, 6.45) is 1.55. The van der Waals surface area contributed by atoms with Crippen molar-refractivity contribution in [1.29, 1.82) is 0 Å². The van der Waals surface area contributed by atoms with Gasteiger partial charge >= 0.3 is 5.97 Å². The monoisotopic (exact) mass is 390 g/mol. The second-order valence-electron chi connectivity index (χ2n) is 5.75. The molecule has 0 saturated carbocycles. The number of amides is 1. The summed E-state index contributed by atoms with van der Waals surface area (Å²) < 4.78 is 10.6.